The summed E-state index contributed by atoms with van der Waals surface area (Å²) in [6.07, 6.45) is 3.85. The van der Waals surface area contributed by atoms with E-state index in [1.807, 2.05) is 16.7 Å². The van der Waals surface area contributed by atoms with E-state index in [0.29, 0.717) is 17.4 Å². The highest BCUT2D eigenvalue weighted by atomic mass is 19.1. The van der Waals surface area contributed by atoms with E-state index < -0.39 is 5.82 Å². The number of imidazole rings is 1. The van der Waals surface area contributed by atoms with Gasteiger partial charge in [0.25, 0.3) is 0 Å². The second-order valence-electron chi connectivity index (χ2n) is 5.05. The molecule has 20 heavy (non-hydrogen) atoms. The highest BCUT2D eigenvalue weighted by Crippen LogP contribution is 2.41. The van der Waals surface area contributed by atoms with Crippen LogP contribution >= 0.6 is 0 Å². The summed E-state index contributed by atoms with van der Waals surface area (Å²) in [6, 6.07) is 8.19. The zero-order chi connectivity index (χ0) is 13.7. The zero-order valence-corrected chi connectivity index (χ0v) is 10.6. The Morgan fingerprint density at radius 1 is 1.25 bits per heavy atom. The van der Waals surface area contributed by atoms with E-state index in [0.717, 1.165) is 30.1 Å². The third kappa shape index (κ3) is 1.66. The molecule has 2 aromatic heterocycles. The number of hydrogen-bond acceptors (Lipinski definition) is 3. The van der Waals surface area contributed by atoms with Crippen LogP contribution in [0.3, 0.4) is 0 Å². The molecule has 0 bridgehead atoms. The summed E-state index contributed by atoms with van der Waals surface area (Å²) < 4.78 is 16.1. The van der Waals surface area contributed by atoms with Gasteiger partial charge in [0.15, 0.2) is 5.65 Å². The summed E-state index contributed by atoms with van der Waals surface area (Å²) in [5, 5.41) is 9.34. The molecule has 1 saturated carbocycles. The molecule has 0 unspecified atom stereocenters. The van der Waals surface area contributed by atoms with Gasteiger partial charge in [0.1, 0.15) is 22.9 Å². The lowest BCUT2D eigenvalue weighted by Crippen LogP contribution is -1.99. The first-order valence-electron chi connectivity index (χ1n) is 6.56. The number of nitrogens with zero attached hydrogens (tertiary/aromatic N) is 3. The van der Waals surface area contributed by atoms with Crippen LogP contribution < -0.4 is 0 Å². The predicted molar refractivity (Wildman–Crippen MR) is 72.9 cm³/mol. The van der Waals surface area contributed by atoms with Crippen LogP contribution in [0, 0.1) is 5.82 Å². The molecule has 4 nitrogen and oxygen atoms in total. The zero-order valence-electron chi connectivity index (χ0n) is 10.6. The molecule has 1 aliphatic rings. The van der Waals surface area contributed by atoms with E-state index in [1.165, 1.54) is 6.07 Å². The van der Waals surface area contributed by atoms with E-state index in [2.05, 4.69) is 9.97 Å². The van der Waals surface area contributed by atoms with Gasteiger partial charge in [-0.15, -0.1) is 0 Å². The first-order chi connectivity index (χ1) is 9.74. The van der Waals surface area contributed by atoms with Crippen LogP contribution in [0.4, 0.5) is 4.39 Å². The maximum Gasteiger partial charge on any atom is 0.160 e. The Morgan fingerprint density at radius 3 is 2.85 bits per heavy atom. The summed E-state index contributed by atoms with van der Waals surface area (Å²) in [6.45, 7) is 0. The maximum absolute atomic E-state index is 14.1. The highest BCUT2D eigenvalue weighted by Gasteiger charge is 2.30. The monoisotopic (exact) mass is 269 g/mol. The van der Waals surface area contributed by atoms with Crippen molar-refractivity contribution < 1.29 is 9.50 Å². The van der Waals surface area contributed by atoms with E-state index in [-0.39, 0.29) is 5.75 Å². The van der Waals surface area contributed by atoms with Gasteiger partial charge in [-0.2, -0.15) is 0 Å². The average Bonchev–Trinajstić information content (AvgIpc) is 3.19. The third-order valence-electron chi connectivity index (χ3n) is 3.55. The Labute approximate surface area is 114 Å². The number of benzene rings is 1. The second kappa shape index (κ2) is 4.03. The molecule has 1 N–H and O–H groups in total. The number of hydrogen-bond donors (Lipinski definition) is 1. The molecule has 3 aromatic rings. The number of halogens is 1. The molecule has 1 aliphatic carbocycles. The quantitative estimate of drug-likeness (QED) is 0.776. The van der Waals surface area contributed by atoms with Crippen molar-refractivity contribution in [2.75, 3.05) is 0 Å². The van der Waals surface area contributed by atoms with Gasteiger partial charge in [-0.1, -0.05) is 0 Å². The van der Waals surface area contributed by atoms with Gasteiger partial charge in [0.05, 0.1) is 5.56 Å². The Morgan fingerprint density at radius 2 is 2.10 bits per heavy atom. The van der Waals surface area contributed by atoms with Crippen LogP contribution in [-0.4, -0.2) is 19.6 Å². The summed E-state index contributed by atoms with van der Waals surface area (Å²) in [5.74, 6) is 0.0272. The van der Waals surface area contributed by atoms with Crippen molar-refractivity contribution in [2.24, 2.45) is 0 Å². The topological polar surface area (TPSA) is 50.9 Å². The van der Waals surface area contributed by atoms with E-state index in [1.54, 1.807) is 12.3 Å². The normalized spacial score (nSPS) is 14.8. The Kier molecular flexibility index (Phi) is 2.30. The van der Waals surface area contributed by atoms with Crippen molar-refractivity contribution in [2.45, 2.75) is 18.9 Å². The van der Waals surface area contributed by atoms with Gasteiger partial charge in [0, 0.05) is 18.3 Å². The minimum absolute atomic E-state index is 0.0848. The molecule has 0 amide bonds. The summed E-state index contributed by atoms with van der Waals surface area (Å²) >= 11 is 0. The minimum atomic E-state index is -0.470. The number of phenols is 1. The Bertz CT molecular complexity index is 808. The van der Waals surface area contributed by atoms with Crippen molar-refractivity contribution in [3.63, 3.8) is 0 Å². The van der Waals surface area contributed by atoms with E-state index in [4.69, 9.17) is 0 Å². The number of aromatic nitrogens is 3. The standard InChI is InChI=1S/C15H12FN3O/c16-12-8-10(20)5-6-11(12)14-18-13-2-1-7-17-15(13)19(14)9-3-4-9/h1-2,5-9,20H,3-4H2. The fourth-order valence-corrected chi connectivity index (χ4v) is 2.48. The Balaban J connectivity index is 2.01. The van der Waals surface area contributed by atoms with Gasteiger partial charge < -0.3 is 9.67 Å². The molecule has 100 valence electrons. The molecule has 0 aliphatic heterocycles. The van der Waals surface area contributed by atoms with Gasteiger partial charge >= 0.3 is 0 Å². The third-order valence-corrected chi connectivity index (χ3v) is 3.55. The molecule has 2 heterocycles. The average molecular weight is 269 g/mol. The number of aromatic hydroxyl groups is 1. The molecular formula is C15H12FN3O. The predicted octanol–water partition coefficient (Wildman–Crippen LogP) is 3.28. The Hall–Kier alpha value is -2.43. The number of rotatable bonds is 2. The summed E-state index contributed by atoms with van der Waals surface area (Å²) in [4.78, 5) is 8.88. The van der Waals surface area contributed by atoms with Crippen molar-refractivity contribution in [3.05, 3.63) is 42.3 Å². The molecular weight excluding hydrogens is 257 g/mol. The molecule has 0 saturated heterocycles. The lowest BCUT2D eigenvalue weighted by Gasteiger charge is -2.08. The van der Waals surface area contributed by atoms with Gasteiger partial charge in [-0.25, -0.2) is 14.4 Å². The fraction of sp³-hybridized carbons (Fsp3) is 0.200. The van der Waals surface area contributed by atoms with E-state index in [9.17, 15) is 9.50 Å². The first kappa shape index (κ1) is 11.4. The maximum atomic E-state index is 14.1. The molecule has 5 heteroatoms. The molecule has 0 spiro atoms. The largest absolute Gasteiger partial charge is 0.508 e. The number of phenolic OH excluding ortho intramolecular Hbond substituents is 1. The lowest BCUT2D eigenvalue weighted by atomic mass is 10.2. The highest BCUT2D eigenvalue weighted by molar-refractivity contribution is 5.77. The minimum Gasteiger partial charge on any atom is -0.508 e. The SMILES string of the molecule is Oc1ccc(-c2nc3cccnc3n2C2CC2)c(F)c1. The van der Waals surface area contributed by atoms with Gasteiger partial charge in [0.2, 0.25) is 0 Å². The van der Waals surface area contributed by atoms with Crippen LogP contribution in [-0.2, 0) is 0 Å². The van der Waals surface area contributed by atoms with Crippen molar-refractivity contribution in [3.8, 4) is 17.1 Å². The van der Waals surface area contributed by atoms with E-state index >= 15 is 0 Å². The first-order valence-corrected chi connectivity index (χ1v) is 6.56. The lowest BCUT2D eigenvalue weighted by molar-refractivity contribution is 0.469. The van der Waals surface area contributed by atoms with Crippen LogP contribution in [0.25, 0.3) is 22.6 Å². The van der Waals surface area contributed by atoms with Gasteiger partial charge in [-0.05, 0) is 37.1 Å². The van der Waals surface area contributed by atoms with Crippen LogP contribution in [0.15, 0.2) is 36.5 Å². The summed E-state index contributed by atoms with van der Waals surface area (Å²) in [7, 11) is 0. The van der Waals surface area contributed by atoms with Crippen LogP contribution in [0.5, 0.6) is 5.75 Å². The smallest absolute Gasteiger partial charge is 0.160 e. The number of fused-ring (bicyclic) bond motifs is 1. The van der Waals surface area contributed by atoms with Crippen molar-refractivity contribution in [1.29, 1.82) is 0 Å². The van der Waals surface area contributed by atoms with Gasteiger partial charge in [-0.3, -0.25) is 0 Å². The van der Waals surface area contributed by atoms with Crippen molar-refractivity contribution in [1.82, 2.24) is 14.5 Å². The van der Waals surface area contributed by atoms with Crippen LogP contribution in [0.2, 0.25) is 0 Å². The summed E-state index contributed by atoms with van der Waals surface area (Å²) in [5.41, 5.74) is 1.95. The number of pyridine rings is 1. The molecule has 4 rings (SSSR count). The molecule has 1 fully saturated rings. The van der Waals surface area contributed by atoms with Crippen molar-refractivity contribution >= 4 is 11.2 Å². The molecule has 0 radical (unpaired) electrons. The van der Waals surface area contributed by atoms with Crippen LogP contribution in [0.1, 0.15) is 18.9 Å². The molecule has 1 aromatic carbocycles. The second-order valence-corrected chi connectivity index (χ2v) is 5.05. The fourth-order valence-electron chi connectivity index (χ4n) is 2.48. The molecule has 0 atom stereocenters.